The second-order valence-electron chi connectivity index (χ2n) is 9.71. The van der Waals surface area contributed by atoms with Crippen LogP contribution in [0, 0.1) is 5.92 Å². The number of nitrogens with zero attached hydrogens (tertiary/aromatic N) is 3. The molecule has 2 aliphatic heterocycles. The van der Waals surface area contributed by atoms with Crippen LogP contribution < -0.4 is 16.0 Å². The number of fused-ring (bicyclic) bond motifs is 1. The number of aromatic nitrogens is 1. The van der Waals surface area contributed by atoms with Crippen LogP contribution in [0.15, 0.2) is 30.6 Å². The molecule has 3 aliphatic rings. The van der Waals surface area contributed by atoms with Crippen molar-refractivity contribution in [2.24, 2.45) is 11.7 Å². The summed E-state index contributed by atoms with van der Waals surface area (Å²) in [6.07, 6.45) is 11.2. The molecule has 0 unspecified atom stereocenters. The number of carbonyl (C=O) groups is 2. The lowest BCUT2D eigenvalue weighted by atomic mass is 9.84. The van der Waals surface area contributed by atoms with Crippen LogP contribution in [0.1, 0.15) is 56.4 Å². The topological polar surface area (TPSA) is 91.6 Å². The Morgan fingerprint density at radius 1 is 0.969 bits per heavy atom. The number of imide groups is 1. The molecular formula is C25H33N5O2. The van der Waals surface area contributed by atoms with Gasteiger partial charge in [-0.3, -0.25) is 20.0 Å². The molecule has 3 N–H and O–H groups in total. The number of pyridine rings is 1. The van der Waals surface area contributed by atoms with Crippen LogP contribution in [0.5, 0.6) is 0 Å². The van der Waals surface area contributed by atoms with Crippen LogP contribution in [-0.4, -0.2) is 54.0 Å². The van der Waals surface area contributed by atoms with Gasteiger partial charge in [-0.15, -0.1) is 0 Å². The summed E-state index contributed by atoms with van der Waals surface area (Å²) in [6, 6.07) is 6.42. The van der Waals surface area contributed by atoms with Gasteiger partial charge in [0.2, 0.25) is 5.91 Å². The molecule has 2 aromatic rings. The van der Waals surface area contributed by atoms with E-state index >= 15 is 0 Å². The largest absolute Gasteiger partial charge is 0.328 e. The number of hydrogen-bond acceptors (Lipinski definition) is 5. The van der Waals surface area contributed by atoms with E-state index in [4.69, 9.17) is 5.73 Å². The first kappa shape index (κ1) is 21.3. The highest BCUT2D eigenvalue weighted by Gasteiger charge is 2.28. The van der Waals surface area contributed by atoms with E-state index in [9.17, 15) is 9.59 Å². The van der Waals surface area contributed by atoms with Crippen molar-refractivity contribution in [3.63, 3.8) is 0 Å². The van der Waals surface area contributed by atoms with Crippen molar-refractivity contribution < 1.29 is 9.59 Å². The molecule has 0 radical (unpaired) electrons. The molecule has 0 bridgehead atoms. The van der Waals surface area contributed by atoms with Crippen LogP contribution in [0.2, 0.25) is 0 Å². The van der Waals surface area contributed by atoms with Crippen LogP contribution in [0.3, 0.4) is 0 Å². The molecule has 170 valence electrons. The first-order valence-corrected chi connectivity index (χ1v) is 12.0. The number of anilines is 1. The number of amides is 3. The second-order valence-corrected chi connectivity index (χ2v) is 9.71. The smallest absolute Gasteiger partial charge is 0.328 e. The summed E-state index contributed by atoms with van der Waals surface area (Å²) in [7, 11) is 0. The molecule has 1 aliphatic carbocycles. The normalized spacial score (nSPS) is 25.8. The van der Waals surface area contributed by atoms with Crippen LogP contribution in [-0.2, 0) is 4.79 Å². The van der Waals surface area contributed by atoms with Gasteiger partial charge in [-0.25, -0.2) is 4.79 Å². The van der Waals surface area contributed by atoms with E-state index in [1.54, 1.807) is 11.1 Å². The zero-order valence-electron chi connectivity index (χ0n) is 18.6. The lowest BCUT2D eigenvalue weighted by molar-refractivity contribution is -0.120. The van der Waals surface area contributed by atoms with Crippen LogP contribution in [0.4, 0.5) is 10.5 Å². The Labute approximate surface area is 189 Å². The monoisotopic (exact) mass is 435 g/mol. The second kappa shape index (κ2) is 9.16. The van der Waals surface area contributed by atoms with Crippen molar-refractivity contribution in [1.82, 2.24) is 15.2 Å². The first-order valence-electron chi connectivity index (χ1n) is 12.0. The Morgan fingerprint density at radius 2 is 1.75 bits per heavy atom. The van der Waals surface area contributed by atoms with E-state index in [0.29, 0.717) is 24.9 Å². The van der Waals surface area contributed by atoms with E-state index in [2.05, 4.69) is 33.4 Å². The number of hydrogen-bond donors (Lipinski definition) is 2. The number of nitrogens with one attached hydrogen (secondary N) is 1. The lowest BCUT2D eigenvalue weighted by Gasteiger charge is -2.36. The van der Waals surface area contributed by atoms with Crippen molar-refractivity contribution in [3.05, 3.63) is 36.2 Å². The number of piperidine rings is 1. The fourth-order valence-corrected chi connectivity index (χ4v) is 5.73. The number of benzene rings is 1. The van der Waals surface area contributed by atoms with Crippen molar-refractivity contribution in [3.8, 4) is 0 Å². The summed E-state index contributed by atoms with van der Waals surface area (Å²) in [5, 5.41) is 4.57. The van der Waals surface area contributed by atoms with E-state index < -0.39 is 0 Å². The summed E-state index contributed by atoms with van der Waals surface area (Å²) < 4.78 is 0. The Balaban J connectivity index is 1.30. The van der Waals surface area contributed by atoms with Gasteiger partial charge < -0.3 is 10.6 Å². The third-order valence-electron chi connectivity index (χ3n) is 7.60. The molecule has 3 fully saturated rings. The van der Waals surface area contributed by atoms with Crippen molar-refractivity contribution >= 4 is 28.4 Å². The van der Waals surface area contributed by atoms with Crippen molar-refractivity contribution in [1.29, 1.82) is 0 Å². The number of urea groups is 1. The summed E-state index contributed by atoms with van der Waals surface area (Å²) in [6.45, 7) is 3.87. The van der Waals surface area contributed by atoms with E-state index in [1.807, 2.05) is 6.20 Å². The fraction of sp³-hybridized carbons (Fsp3) is 0.560. The molecule has 1 aromatic carbocycles. The quantitative estimate of drug-likeness (QED) is 0.768. The minimum absolute atomic E-state index is 0.219. The number of rotatable bonds is 4. The summed E-state index contributed by atoms with van der Waals surface area (Å²) in [5.41, 5.74) is 8.18. The standard InChI is InChI=1S/C25H33N5O2/c26-19-6-4-17(5-7-19)16-29-11-8-18(9-12-29)20-2-1-3-21-22(20)14-27-15-23(21)30-13-10-24(31)28-25(30)32/h1-3,14-15,17-19H,4-13,16,26H2,(H,28,31,32). The molecule has 7 heteroatoms. The Bertz CT molecular complexity index is 993. The van der Waals surface area contributed by atoms with Crippen molar-refractivity contribution in [2.75, 3.05) is 31.1 Å². The maximum Gasteiger partial charge on any atom is 0.328 e. The first-order chi connectivity index (χ1) is 15.6. The molecule has 3 amide bonds. The summed E-state index contributed by atoms with van der Waals surface area (Å²) >= 11 is 0. The van der Waals surface area contributed by atoms with Gasteiger partial charge in [-0.05, 0) is 69.0 Å². The maximum absolute atomic E-state index is 12.4. The molecule has 0 spiro atoms. The van der Waals surface area contributed by atoms with Gasteiger partial charge in [0.15, 0.2) is 0 Å². The fourth-order valence-electron chi connectivity index (χ4n) is 5.73. The van der Waals surface area contributed by atoms with Crippen molar-refractivity contribution in [2.45, 2.75) is 56.9 Å². The van der Waals surface area contributed by atoms with E-state index in [-0.39, 0.29) is 11.9 Å². The highest BCUT2D eigenvalue weighted by Crippen LogP contribution is 2.36. The zero-order chi connectivity index (χ0) is 22.1. The highest BCUT2D eigenvalue weighted by molar-refractivity contribution is 6.10. The van der Waals surface area contributed by atoms with Gasteiger partial charge in [0, 0.05) is 42.5 Å². The molecule has 32 heavy (non-hydrogen) atoms. The van der Waals surface area contributed by atoms with E-state index in [0.717, 1.165) is 48.3 Å². The lowest BCUT2D eigenvalue weighted by Crippen LogP contribution is -2.49. The average molecular weight is 436 g/mol. The van der Waals surface area contributed by atoms with Gasteiger partial charge in [0.05, 0.1) is 11.9 Å². The number of nitrogens with two attached hydrogens (primary N) is 1. The Kier molecular flexibility index (Phi) is 6.11. The molecular weight excluding hydrogens is 402 g/mol. The maximum atomic E-state index is 12.4. The third kappa shape index (κ3) is 4.36. The minimum Gasteiger partial charge on any atom is -0.328 e. The predicted octanol–water partition coefficient (Wildman–Crippen LogP) is 3.38. The summed E-state index contributed by atoms with van der Waals surface area (Å²) in [4.78, 5) is 32.7. The minimum atomic E-state index is -0.363. The Hall–Kier alpha value is -2.51. The zero-order valence-corrected chi connectivity index (χ0v) is 18.6. The molecule has 7 nitrogen and oxygen atoms in total. The highest BCUT2D eigenvalue weighted by atomic mass is 16.2. The number of likely N-dealkylation sites (tertiary alicyclic amines) is 1. The molecule has 5 rings (SSSR count). The van der Waals surface area contributed by atoms with Crippen LogP contribution in [0.25, 0.3) is 10.8 Å². The average Bonchev–Trinajstić information content (AvgIpc) is 2.81. The van der Waals surface area contributed by atoms with Gasteiger partial charge in [-0.1, -0.05) is 18.2 Å². The van der Waals surface area contributed by atoms with Gasteiger partial charge in [0.1, 0.15) is 0 Å². The summed E-state index contributed by atoms with van der Waals surface area (Å²) in [5.74, 6) is 1.09. The van der Waals surface area contributed by atoms with Gasteiger partial charge in [-0.2, -0.15) is 0 Å². The third-order valence-corrected chi connectivity index (χ3v) is 7.60. The predicted molar refractivity (Wildman–Crippen MR) is 126 cm³/mol. The van der Waals surface area contributed by atoms with E-state index in [1.165, 1.54) is 37.8 Å². The van der Waals surface area contributed by atoms with Gasteiger partial charge >= 0.3 is 6.03 Å². The van der Waals surface area contributed by atoms with Crippen LogP contribution >= 0.6 is 0 Å². The Morgan fingerprint density at radius 3 is 2.50 bits per heavy atom. The molecule has 3 heterocycles. The van der Waals surface area contributed by atoms with Gasteiger partial charge in [0.25, 0.3) is 0 Å². The molecule has 0 atom stereocenters. The molecule has 1 aromatic heterocycles. The number of carbonyl (C=O) groups excluding carboxylic acids is 2. The molecule has 1 saturated carbocycles. The SMILES string of the molecule is NC1CCC(CN2CCC(c3cccc4c(N5CCC(=O)NC5=O)cncc34)CC2)CC1. The molecule has 2 saturated heterocycles.